The Balaban J connectivity index is 1.62. The molecule has 0 atom stereocenters. The first-order chi connectivity index (χ1) is 16.4. The van der Waals surface area contributed by atoms with E-state index in [1.54, 1.807) is 0 Å². The zero-order valence-electron chi connectivity index (χ0n) is 17.9. The Labute approximate surface area is 190 Å². The lowest BCUT2D eigenvalue weighted by atomic mass is 10.1. The van der Waals surface area contributed by atoms with E-state index >= 15 is 0 Å². The van der Waals surface area contributed by atoms with E-state index in [0.717, 1.165) is 39.1 Å². The van der Waals surface area contributed by atoms with Crippen LogP contribution in [0.5, 0.6) is 0 Å². The highest BCUT2D eigenvalue weighted by atomic mass is 15.1. The summed E-state index contributed by atoms with van der Waals surface area (Å²) in [5.74, 6) is 0. The van der Waals surface area contributed by atoms with E-state index < -0.39 is 0 Å². The molecule has 0 spiro atoms. The quantitative estimate of drug-likeness (QED) is 0.294. The topological polar surface area (TPSA) is 34.8 Å². The number of nitrogens with one attached hydrogen (secondary N) is 2. The third-order valence-electron chi connectivity index (χ3n) is 6.51. The van der Waals surface area contributed by atoms with Gasteiger partial charge in [-0.05, 0) is 48.5 Å². The van der Waals surface area contributed by atoms with Crippen LogP contribution in [0.25, 0.3) is 43.6 Å². The number of hydrogen-bond donors (Lipinski definition) is 2. The van der Waals surface area contributed by atoms with E-state index in [4.69, 9.17) is 0 Å². The molecular formula is C30H21N3. The summed E-state index contributed by atoms with van der Waals surface area (Å²) in [5.41, 5.74) is 8.04. The molecule has 0 saturated heterocycles. The Kier molecular flexibility index (Phi) is 3.84. The summed E-state index contributed by atoms with van der Waals surface area (Å²) in [5, 5.41) is 4.92. The van der Waals surface area contributed by atoms with Gasteiger partial charge in [0, 0.05) is 49.3 Å². The maximum atomic E-state index is 3.61. The van der Waals surface area contributed by atoms with Crippen molar-refractivity contribution in [1.29, 1.82) is 0 Å². The number of anilines is 3. The molecule has 33 heavy (non-hydrogen) atoms. The van der Waals surface area contributed by atoms with Gasteiger partial charge in [-0.25, -0.2) is 0 Å². The number of aromatic nitrogens is 2. The predicted octanol–water partition coefficient (Wildman–Crippen LogP) is 8.43. The zero-order chi connectivity index (χ0) is 21.8. The second-order valence-electron chi connectivity index (χ2n) is 8.41. The predicted molar refractivity (Wildman–Crippen MR) is 140 cm³/mol. The van der Waals surface area contributed by atoms with Gasteiger partial charge in [-0.3, -0.25) is 0 Å². The Bertz CT molecular complexity index is 1660. The van der Waals surface area contributed by atoms with Gasteiger partial charge in [0.05, 0.1) is 11.4 Å². The number of para-hydroxylation sites is 3. The summed E-state index contributed by atoms with van der Waals surface area (Å²) in [4.78, 5) is 9.60. The minimum atomic E-state index is 1.13. The first-order valence-electron chi connectivity index (χ1n) is 11.2. The highest BCUT2D eigenvalue weighted by Gasteiger charge is 2.21. The van der Waals surface area contributed by atoms with Crippen LogP contribution in [0.3, 0.4) is 0 Å². The van der Waals surface area contributed by atoms with Crippen LogP contribution < -0.4 is 4.90 Å². The van der Waals surface area contributed by atoms with Crippen LogP contribution >= 0.6 is 0 Å². The van der Waals surface area contributed by atoms with Crippen molar-refractivity contribution in [2.75, 3.05) is 4.90 Å². The molecule has 0 aliphatic carbocycles. The summed E-state index contributed by atoms with van der Waals surface area (Å²) in [7, 11) is 0. The molecule has 2 heterocycles. The molecule has 0 radical (unpaired) electrons. The minimum Gasteiger partial charge on any atom is -0.354 e. The second kappa shape index (κ2) is 7.01. The van der Waals surface area contributed by atoms with Gasteiger partial charge >= 0.3 is 0 Å². The summed E-state index contributed by atoms with van der Waals surface area (Å²) in [6.07, 6.45) is 0. The Hall–Kier alpha value is -4.50. The number of rotatable bonds is 3. The first-order valence-corrected chi connectivity index (χ1v) is 11.2. The van der Waals surface area contributed by atoms with Crippen LogP contribution in [0.2, 0.25) is 0 Å². The zero-order valence-corrected chi connectivity index (χ0v) is 17.9. The average Bonchev–Trinajstić information content (AvgIpc) is 3.44. The number of nitrogens with zero attached hydrogens (tertiary/aromatic N) is 1. The maximum absolute atomic E-state index is 3.61. The standard InChI is InChI=1S/C30H21N3/c1-2-10-20(11-3-1)33(27-18-8-16-25-29(27)21-12-4-6-14-23(21)31-25)28-19-9-17-26-30(28)22-13-5-7-15-24(22)32-26/h1-19,31-32H. The molecule has 3 nitrogen and oxygen atoms in total. The number of H-pyrrole nitrogens is 2. The van der Waals surface area contributed by atoms with Crippen molar-refractivity contribution in [3.63, 3.8) is 0 Å². The monoisotopic (exact) mass is 423 g/mol. The molecule has 0 saturated carbocycles. The third kappa shape index (κ3) is 2.69. The van der Waals surface area contributed by atoms with Gasteiger partial charge in [0.25, 0.3) is 0 Å². The summed E-state index contributed by atoms with van der Waals surface area (Å²) in [6.45, 7) is 0. The van der Waals surface area contributed by atoms with Crippen LogP contribution in [0.15, 0.2) is 115 Å². The molecule has 7 rings (SSSR count). The highest BCUT2D eigenvalue weighted by Crippen LogP contribution is 2.45. The molecular weight excluding hydrogens is 402 g/mol. The van der Waals surface area contributed by atoms with Crippen molar-refractivity contribution < 1.29 is 0 Å². The maximum Gasteiger partial charge on any atom is 0.0562 e. The molecule has 0 bridgehead atoms. The van der Waals surface area contributed by atoms with Gasteiger partial charge < -0.3 is 14.9 Å². The molecule has 3 heteroatoms. The molecule has 0 unspecified atom stereocenters. The van der Waals surface area contributed by atoms with E-state index in [9.17, 15) is 0 Å². The normalized spacial score (nSPS) is 11.6. The first kappa shape index (κ1) is 18.1. The molecule has 0 fully saturated rings. The van der Waals surface area contributed by atoms with E-state index in [1.807, 2.05) is 0 Å². The van der Waals surface area contributed by atoms with E-state index in [-0.39, 0.29) is 0 Å². The van der Waals surface area contributed by atoms with Crippen molar-refractivity contribution in [2.24, 2.45) is 0 Å². The van der Waals surface area contributed by atoms with Gasteiger partial charge in [-0.15, -0.1) is 0 Å². The number of hydrogen-bond acceptors (Lipinski definition) is 1. The lowest BCUT2D eigenvalue weighted by molar-refractivity contribution is 1.31. The number of benzene rings is 5. The molecule has 7 aromatic rings. The van der Waals surface area contributed by atoms with Crippen molar-refractivity contribution in [2.45, 2.75) is 0 Å². The van der Waals surface area contributed by atoms with E-state index in [1.165, 1.54) is 21.5 Å². The fourth-order valence-corrected chi connectivity index (χ4v) is 5.12. The molecule has 0 aliphatic rings. The fourth-order valence-electron chi connectivity index (χ4n) is 5.12. The van der Waals surface area contributed by atoms with Crippen LogP contribution in [-0.4, -0.2) is 9.97 Å². The Morgan fingerprint density at radius 1 is 0.394 bits per heavy atom. The van der Waals surface area contributed by atoms with Gasteiger partial charge in [-0.2, -0.15) is 0 Å². The van der Waals surface area contributed by atoms with Crippen molar-refractivity contribution in [1.82, 2.24) is 9.97 Å². The Morgan fingerprint density at radius 2 is 0.848 bits per heavy atom. The summed E-state index contributed by atoms with van der Waals surface area (Å²) < 4.78 is 0. The van der Waals surface area contributed by atoms with Gasteiger partial charge in [0.2, 0.25) is 0 Å². The summed E-state index contributed by atoms with van der Waals surface area (Å²) in [6, 6.07) is 40.8. The van der Waals surface area contributed by atoms with Crippen molar-refractivity contribution in [3.8, 4) is 0 Å². The largest absolute Gasteiger partial charge is 0.354 e. The van der Waals surface area contributed by atoms with Crippen LogP contribution in [-0.2, 0) is 0 Å². The lowest BCUT2D eigenvalue weighted by Gasteiger charge is -2.27. The smallest absolute Gasteiger partial charge is 0.0562 e. The molecule has 2 N–H and O–H groups in total. The second-order valence-corrected chi connectivity index (χ2v) is 8.41. The summed E-state index contributed by atoms with van der Waals surface area (Å²) >= 11 is 0. The third-order valence-corrected chi connectivity index (χ3v) is 6.51. The molecule has 0 amide bonds. The molecule has 2 aromatic heterocycles. The van der Waals surface area contributed by atoms with E-state index in [0.29, 0.717) is 0 Å². The van der Waals surface area contributed by atoms with E-state index in [2.05, 4.69) is 130 Å². The van der Waals surface area contributed by atoms with Crippen LogP contribution in [0.1, 0.15) is 0 Å². The minimum absolute atomic E-state index is 1.13. The Morgan fingerprint density at radius 3 is 1.39 bits per heavy atom. The average molecular weight is 424 g/mol. The SMILES string of the molecule is c1ccc(N(c2cccc3[nH]c4ccccc4c23)c2cccc3[nH]c4ccccc4c23)cc1. The van der Waals surface area contributed by atoms with Crippen LogP contribution in [0, 0.1) is 0 Å². The van der Waals surface area contributed by atoms with Gasteiger partial charge in [0.15, 0.2) is 0 Å². The molecule has 156 valence electrons. The van der Waals surface area contributed by atoms with Gasteiger partial charge in [0.1, 0.15) is 0 Å². The number of aromatic amines is 2. The van der Waals surface area contributed by atoms with Gasteiger partial charge in [-0.1, -0.05) is 66.7 Å². The molecule has 5 aromatic carbocycles. The van der Waals surface area contributed by atoms with Crippen LogP contribution in [0.4, 0.5) is 17.1 Å². The van der Waals surface area contributed by atoms with Crippen molar-refractivity contribution in [3.05, 3.63) is 115 Å². The van der Waals surface area contributed by atoms with Crippen molar-refractivity contribution >= 4 is 60.7 Å². The number of fused-ring (bicyclic) bond motifs is 6. The lowest BCUT2D eigenvalue weighted by Crippen LogP contribution is -2.10. The molecule has 0 aliphatic heterocycles. The highest BCUT2D eigenvalue weighted by molar-refractivity contribution is 6.19. The fraction of sp³-hybridized carbons (Fsp3) is 0.